The second-order valence-electron chi connectivity index (χ2n) is 9.95. The van der Waals surface area contributed by atoms with E-state index in [1.54, 1.807) is 41.5 Å². The molecule has 32 heavy (non-hydrogen) atoms. The third kappa shape index (κ3) is 6.01. The normalized spacial score (nSPS) is 20.6. The van der Waals surface area contributed by atoms with Gasteiger partial charge in [0.1, 0.15) is 11.2 Å². The lowest BCUT2D eigenvalue weighted by atomic mass is 9.74. The van der Waals surface area contributed by atoms with E-state index in [-0.39, 0.29) is 18.4 Å². The molecular formula is C23H30F3NO5. The van der Waals surface area contributed by atoms with E-state index in [0.717, 1.165) is 12.1 Å². The predicted octanol–water partition coefficient (Wildman–Crippen LogP) is 5.35. The third-order valence-electron chi connectivity index (χ3n) is 4.94. The molecule has 2 atom stereocenters. The highest BCUT2D eigenvalue weighted by Crippen LogP contribution is 2.47. The first-order valence-electron chi connectivity index (χ1n) is 10.4. The Balaban J connectivity index is 2.63. The number of carbonyl (C=O) groups excluding carboxylic acids is 3. The summed E-state index contributed by atoms with van der Waals surface area (Å²) in [5.74, 6) is -1.38. The summed E-state index contributed by atoms with van der Waals surface area (Å²) >= 11 is 0. The van der Waals surface area contributed by atoms with E-state index in [0.29, 0.717) is 6.42 Å². The summed E-state index contributed by atoms with van der Waals surface area (Å²) in [7, 11) is 0. The standard InChI is InChI=1S/C23H30F3NO5/c1-20(2,3)31-18(29)22(12-8-11-16(22)28)17(27-19(30)32-21(4,5)6)14-9-7-10-15(13-14)23(24,25)26/h7,9-10,13,17H,8,11-12H2,1-6H3,(H,27,30)/t17-,22-/m1/s1. The molecule has 1 amide bonds. The highest BCUT2D eigenvalue weighted by molar-refractivity contribution is 6.06. The van der Waals surface area contributed by atoms with Crippen molar-refractivity contribution in [1.29, 1.82) is 0 Å². The van der Waals surface area contributed by atoms with Crippen LogP contribution in [-0.2, 0) is 25.2 Å². The van der Waals surface area contributed by atoms with Gasteiger partial charge in [-0.25, -0.2) is 4.79 Å². The molecule has 1 aromatic rings. The van der Waals surface area contributed by atoms with Crippen LogP contribution in [0.1, 0.15) is 78.0 Å². The Kier molecular flexibility index (Phi) is 7.02. The maximum atomic E-state index is 13.4. The average molecular weight is 457 g/mol. The molecule has 178 valence electrons. The lowest BCUT2D eigenvalue weighted by Crippen LogP contribution is -2.51. The van der Waals surface area contributed by atoms with Gasteiger partial charge >= 0.3 is 18.2 Å². The van der Waals surface area contributed by atoms with Gasteiger partial charge in [-0.3, -0.25) is 9.59 Å². The van der Waals surface area contributed by atoms with Gasteiger partial charge in [-0.15, -0.1) is 0 Å². The van der Waals surface area contributed by atoms with Gasteiger partial charge in [0.25, 0.3) is 0 Å². The van der Waals surface area contributed by atoms with Crippen LogP contribution in [0.25, 0.3) is 0 Å². The molecule has 0 heterocycles. The molecule has 1 saturated carbocycles. The van der Waals surface area contributed by atoms with Gasteiger partial charge in [0, 0.05) is 6.42 Å². The Labute approximate surface area is 185 Å². The highest BCUT2D eigenvalue weighted by atomic mass is 19.4. The van der Waals surface area contributed by atoms with E-state index in [1.165, 1.54) is 12.1 Å². The summed E-state index contributed by atoms with van der Waals surface area (Å²) in [6.45, 7) is 9.73. The quantitative estimate of drug-likeness (QED) is 0.487. The van der Waals surface area contributed by atoms with Crippen molar-refractivity contribution >= 4 is 17.8 Å². The van der Waals surface area contributed by atoms with Gasteiger partial charge in [0.05, 0.1) is 11.6 Å². The van der Waals surface area contributed by atoms with Crippen LogP contribution in [0.4, 0.5) is 18.0 Å². The number of hydrogen-bond acceptors (Lipinski definition) is 5. The number of benzene rings is 1. The summed E-state index contributed by atoms with van der Waals surface area (Å²) < 4.78 is 50.9. The van der Waals surface area contributed by atoms with Crippen LogP contribution in [0.2, 0.25) is 0 Å². The Bertz CT molecular complexity index is 883. The number of halogens is 3. The molecule has 1 N–H and O–H groups in total. The Morgan fingerprint density at radius 1 is 1.03 bits per heavy atom. The lowest BCUT2D eigenvalue weighted by molar-refractivity contribution is -0.171. The van der Waals surface area contributed by atoms with Crippen molar-refractivity contribution in [2.45, 2.75) is 84.2 Å². The molecule has 0 aromatic heterocycles. The van der Waals surface area contributed by atoms with E-state index in [2.05, 4.69) is 5.32 Å². The topological polar surface area (TPSA) is 81.7 Å². The number of Topliss-reactive ketones (excluding diaryl/α,β-unsaturated/α-hetero) is 1. The SMILES string of the molecule is CC(C)(C)OC(=O)N[C@H](c1cccc(C(F)(F)F)c1)[C@@]1(C(=O)OC(C)(C)C)CCCC1=O. The fraction of sp³-hybridized carbons (Fsp3) is 0.609. The minimum Gasteiger partial charge on any atom is -0.459 e. The summed E-state index contributed by atoms with van der Waals surface area (Å²) in [5.41, 5.74) is -4.71. The van der Waals surface area contributed by atoms with Crippen LogP contribution in [0, 0.1) is 5.41 Å². The van der Waals surface area contributed by atoms with Gasteiger partial charge in [-0.05, 0) is 72.1 Å². The number of ketones is 1. The van der Waals surface area contributed by atoms with Gasteiger partial charge in [-0.2, -0.15) is 13.2 Å². The third-order valence-corrected chi connectivity index (χ3v) is 4.94. The number of nitrogens with one attached hydrogen (secondary N) is 1. The Morgan fingerprint density at radius 3 is 2.09 bits per heavy atom. The van der Waals surface area contributed by atoms with Gasteiger partial charge < -0.3 is 14.8 Å². The molecular weight excluding hydrogens is 427 g/mol. The summed E-state index contributed by atoms with van der Waals surface area (Å²) in [4.78, 5) is 39.0. The van der Waals surface area contributed by atoms with E-state index in [4.69, 9.17) is 9.47 Å². The molecule has 0 radical (unpaired) electrons. The number of ether oxygens (including phenoxy) is 2. The van der Waals surface area contributed by atoms with Crippen LogP contribution in [0.3, 0.4) is 0 Å². The average Bonchev–Trinajstić information content (AvgIpc) is 2.98. The molecule has 1 fully saturated rings. The van der Waals surface area contributed by atoms with Crippen LogP contribution < -0.4 is 5.32 Å². The minimum absolute atomic E-state index is 0.0253. The van der Waals surface area contributed by atoms with Crippen molar-refractivity contribution in [3.63, 3.8) is 0 Å². The number of carbonyl (C=O) groups is 3. The maximum absolute atomic E-state index is 13.4. The second kappa shape index (κ2) is 8.75. The Hall–Kier alpha value is -2.58. The molecule has 6 nitrogen and oxygen atoms in total. The largest absolute Gasteiger partial charge is 0.459 e. The zero-order chi connectivity index (χ0) is 24.5. The van der Waals surface area contributed by atoms with E-state index in [1.807, 2.05) is 0 Å². The first kappa shape index (κ1) is 25.7. The molecule has 0 aliphatic heterocycles. The van der Waals surface area contributed by atoms with E-state index < -0.39 is 52.2 Å². The molecule has 1 aliphatic rings. The zero-order valence-corrected chi connectivity index (χ0v) is 19.2. The van der Waals surface area contributed by atoms with Crippen LogP contribution in [0.5, 0.6) is 0 Å². The van der Waals surface area contributed by atoms with Gasteiger partial charge in [0.2, 0.25) is 0 Å². The first-order chi connectivity index (χ1) is 14.5. The second-order valence-corrected chi connectivity index (χ2v) is 9.95. The fourth-order valence-corrected chi connectivity index (χ4v) is 3.71. The van der Waals surface area contributed by atoms with Crippen molar-refractivity contribution in [2.75, 3.05) is 0 Å². The van der Waals surface area contributed by atoms with E-state index >= 15 is 0 Å². The maximum Gasteiger partial charge on any atom is 0.416 e. The molecule has 0 spiro atoms. The zero-order valence-electron chi connectivity index (χ0n) is 19.2. The molecule has 2 rings (SSSR count). The number of esters is 1. The molecule has 0 bridgehead atoms. The fourth-order valence-electron chi connectivity index (χ4n) is 3.71. The number of amides is 1. The van der Waals surface area contributed by atoms with Crippen molar-refractivity contribution in [3.8, 4) is 0 Å². The number of alkyl halides is 3. The van der Waals surface area contributed by atoms with E-state index in [9.17, 15) is 27.6 Å². The Morgan fingerprint density at radius 2 is 1.62 bits per heavy atom. The monoisotopic (exact) mass is 457 g/mol. The summed E-state index contributed by atoms with van der Waals surface area (Å²) in [6.07, 6.45) is -5.20. The molecule has 9 heteroatoms. The molecule has 1 aliphatic carbocycles. The van der Waals surface area contributed by atoms with Crippen LogP contribution in [-0.4, -0.2) is 29.0 Å². The lowest BCUT2D eigenvalue weighted by Gasteiger charge is -2.37. The minimum atomic E-state index is -4.65. The van der Waals surface area contributed by atoms with Gasteiger partial charge in [0.15, 0.2) is 11.2 Å². The summed E-state index contributed by atoms with van der Waals surface area (Å²) in [5, 5.41) is 2.50. The molecule has 0 saturated heterocycles. The molecule has 1 aromatic carbocycles. The summed E-state index contributed by atoms with van der Waals surface area (Å²) in [6, 6.07) is 2.83. The number of hydrogen-bond donors (Lipinski definition) is 1. The number of alkyl carbamates (subject to hydrolysis) is 1. The van der Waals surface area contributed by atoms with Crippen LogP contribution in [0.15, 0.2) is 24.3 Å². The predicted molar refractivity (Wildman–Crippen MR) is 111 cm³/mol. The smallest absolute Gasteiger partial charge is 0.416 e. The van der Waals surface area contributed by atoms with Crippen molar-refractivity contribution < 1.29 is 37.0 Å². The van der Waals surface area contributed by atoms with Crippen LogP contribution >= 0.6 is 0 Å². The molecule has 0 unspecified atom stereocenters. The highest BCUT2D eigenvalue weighted by Gasteiger charge is 2.57. The van der Waals surface area contributed by atoms with Crippen molar-refractivity contribution in [1.82, 2.24) is 5.32 Å². The van der Waals surface area contributed by atoms with Gasteiger partial charge in [-0.1, -0.05) is 12.1 Å². The van der Waals surface area contributed by atoms with Crippen molar-refractivity contribution in [3.05, 3.63) is 35.4 Å². The van der Waals surface area contributed by atoms with Crippen molar-refractivity contribution in [2.24, 2.45) is 5.41 Å². The first-order valence-corrected chi connectivity index (χ1v) is 10.4. The number of rotatable bonds is 4.